The normalized spacial score (nSPS) is 17.0. The molecule has 2 aromatic carbocycles. The van der Waals surface area contributed by atoms with E-state index in [1.54, 1.807) is 25.6 Å². The molecule has 2 heterocycles. The van der Waals surface area contributed by atoms with E-state index in [1.165, 1.54) is 16.9 Å². The number of aromatic nitrogens is 2. The largest absolute Gasteiger partial charge is 0.493 e. The fourth-order valence-corrected chi connectivity index (χ4v) is 5.60. The predicted octanol–water partition coefficient (Wildman–Crippen LogP) is 2.77. The van der Waals surface area contributed by atoms with Crippen molar-refractivity contribution in [1.29, 1.82) is 0 Å². The van der Waals surface area contributed by atoms with Gasteiger partial charge in [0.25, 0.3) is 10.0 Å². The molecule has 29 heavy (non-hydrogen) atoms. The van der Waals surface area contributed by atoms with Crippen molar-refractivity contribution >= 4 is 10.0 Å². The topological polar surface area (TPSA) is 73.7 Å². The molecule has 0 unspecified atom stereocenters. The van der Waals surface area contributed by atoms with Crippen LogP contribution < -0.4 is 9.47 Å². The van der Waals surface area contributed by atoms with Crippen molar-refractivity contribution in [3.05, 3.63) is 71.4 Å². The summed E-state index contributed by atoms with van der Waals surface area (Å²) >= 11 is 0. The van der Waals surface area contributed by atoms with Gasteiger partial charge in [0.15, 0.2) is 16.5 Å². The third-order valence-corrected chi connectivity index (χ3v) is 7.23. The van der Waals surface area contributed by atoms with Crippen LogP contribution in [-0.4, -0.2) is 43.3 Å². The first kappa shape index (κ1) is 19.5. The third-order valence-electron chi connectivity index (χ3n) is 5.29. The van der Waals surface area contributed by atoms with Gasteiger partial charge in [-0.15, -0.1) is 0 Å². The number of ether oxygens (including phenoxy) is 2. The lowest BCUT2D eigenvalue weighted by molar-refractivity contribution is 0.330. The Labute approximate surface area is 170 Å². The molecule has 7 nitrogen and oxygen atoms in total. The third kappa shape index (κ3) is 3.28. The summed E-state index contributed by atoms with van der Waals surface area (Å²) in [6, 6.07) is 14.5. The highest BCUT2D eigenvalue weighted by Gasteiger charge is 2.39. The van der Waals surface area contributed by atoms with Crippen LogP contribution in [0.1, 0.15) is 22.7 Å². The summed E-state index contributed by atoms with van der Waals surface area (Å²) in [6.07, 6.45) is 2.08. The van der Waals surface area contributed by atoms with Crippen molar-refractivity contribution < 1.29 is 17.9 Å². The van der Waals surface area contributed by atoms with E-state index in [1.807, 2.05) is 42.5 Å². The molecule has 1 aliphatic rings. The number of sulfonamides is 1. The monoisotopic (exact) mass is 413 g/mol. The summed E-state index contributed by atoms with van der Waals surface area (Å²) in [5.74, 6) is 1.22. The van der Waals surface area contributed by atoms with Crippen LogP contribution in [0.5, 0.6) is 11.5 Å². The van der Waals surface area contributed by atoms with Crippen molar-refractivity contribution in [2.24, 2.45) is 7.05 Å². The molecule has 0 bridgehead atoms. The lowest BCUT2D eigenvalue weighted by Crippen LogP contribution is -2.41. The Morgan fingerprint density at radius 2 is 1.72 bits per heavy atom. The highest BCUT2D eigenvalue weighted by Crippen LogP contribution is 2.42. The molecule has 0 spiro atoms. The highest BCUT2D eigenvalue weighted by atomic mass is 32.2. The van der Waals surface area contributed by atoms with Gasteiger partial charge in [-0.05, 0) is 41.3 Å². The fourth-order valence-electron chi connectivity index (χ4n) is 3.90. The molecule has 0 aliphatic carbocycles. The number of fused-ring (bicyclic) bond motifs is 1. The SMILES string of the molecule is COc1cc2c(cc1OC)[C@@H](c1ccccc1)N(S(=O)(=O)c1ccnn1C)CC2. The molecule has 0 N–H and O–H groups in total. The van der Waals surface area contributed by atoms with Gasteiger partial charge < -0.3 is 9.47 Å². The van der Waals surface area contributed by atoms with Gasteiger partial charge >= 0.3 is 0 Å². The van der Waals surface area contributed by atoms with Gasteiger partial charge in [0, 0.05) is 13.6 Å². The van der Waals surface area contributed by atoms with Crippen LogP contribution in [0.25, 0.3) is 0 Å². The average Bonchev–Trinajstić information content (AvgIpc) is 3.19. The zero-order valence-electron chi connectivity index (χ0n) is 16.6. The Kier molecular flexibility index (Phi) is 5.06. The molecule has 0 amide bonds. The molecule has 0 saturated heterocycles. The molecule has 152 valence electrons. The van der Waals surface area contributed by atoms with Gasteiger partial charge in [-0.25, -0.2) is 8.42 Å². The van der Waals surface area contributed by atoms with Gasteiger partial charge in [0.2, 0.25) is 0 Å². The number of rotatable bonds is 5. The van der Waals surface area contributed by atoms with Crippen molar-refractivity contribution in [1.82, 2.24) is 14.1 Å². The lowest BCUT2D eigenvalue weighted by atomic mass is 9.89. The van der Waals surface area contributed by atoms with E-state index in [9.17, 15) is 8.42 Å². The van der Waals surface area contributed by atoms with Gasteiger partial charge in [-0.3, -0.25) is 4.68 Å². The zero-order valence-corrected chi connectivity index (χ0v) is 17.4. The number of nitrogens with zero attached hydrogens (tertiary/aromatic N) is 3. The van der Waals surface area contributed by atoms with Crippen LogP contribution in [-0.2, 0) is 23.5 Å². The van der Waals surface area contributed by atoms with Gasteiger partial charge in [0.1, 0.15) is 0 Å². The maximum absolute atomic E-state index is 13.5. The lowest BCUT2D eigenvalue weighted by Gasteiger charge is -2.37. The Morgan fingerprint density at radius 3 is 2.34 bits per heavy atom. The second-order valence-corrected chi connectivity index (χ2v) is 8.72. The summed E-state index contributed by atoms with van der Waals surface area (Å²) in [7, 11) is 1.05. The van der Waals surface area contributed by atoms with Crippen molar-refractivity contribution in [3.8, 4) is 11.5 Å². The van der Waals surface area contributed by atoms with Crippen LogP contribution in [0.3, 0.4) is 0 Å². The van der Waals surface area contributed by atoms with E-state index in [2.05, 4.69) is 5.10 Å². The van der Waals surface area contributed by atoms with E-state index in [0.717, 1.165) is 16.7 Å². The molecular formula is C21H23N3O4S. The summed E-state index contributed by atoms with van der Waals surface area (Å²) in [5.41, 5.74) is 2.84. The van der Waals surface area contributed by atoms with Crippen molar-refractivity contribution in [2.75, 3.05) is 20.8 Å². The van der Waals surface area contributed by atoms with E-state index >= 15 is 0 Å². The van der Waals surface area contributed by atoms with E-state index in [0.29, 0.717) is 24.5 Å². The van der Waals surface area contributed by atoms with Crippen LogP contribution in [0.4, 0.5) is 0 Å². The number of hydrogen-bond acceptors (Lipinski definition) is 5. The molecule has 3 aromatic rings. The fraction of sp³-hybridized carbons (Fsp3) is 0.286. The summed E-state index contributed by atoms with van der Waals surface area (Å²) in [6.45, 7) is 0.357. The highest BCUT2D eigenvalue weighted by molar-refractivity contribution is 7.89. The van der Waals surface area contributed by atoms with Crippen LogP contribution in [0.2, 0.25) is 0 Å². The summed E-state index contributed by atoms with van der Waals surface area (Å²) in [4.78, 5) is 0. The minimum atomic E-state index is -3.76. The zero-order chi connectivity index (χ0) is 20.6. The molecule has 8 heteroatoms. The van der Waals surface area contributed by atoms with E-state index in [-0.39, 0.29) is 5.03 Å². The standard InChI is InChI=1S/C21H23N3O4S/c1-23-20(9-11-22-23)29(25,26)24-12-10-16-13-18(27-2)19(28-3)14-17(16)21(24)15-7-5-4-6-8-15/h4-9,11,13-14,21H,10,12H2,1-3H3/t21-/m1/s1. The predicted molar refractivity (Wildman–Crippen MR) is 109 cm³/mol. The van der Waals surface area contributed by atoms with Crippen LogP contribution >= 0.6 is 0 Å². The first-order valence-corrected chi connectivity index (χ1v) is 10.7. The molecule has 4 rings (SSSR count). The summed E-state index contributed by atoms with van der Waals surface area (Å²) in [5, 5.41) is 4.21. The minimum absolute atomic E-state index is 0.169. The maximum Gasteiger partial charge on any atom is 0.261 e. The van der Waals surface area contributed by atoms with E-state index < -0.39 is 16.1 Å². The minimum Gasteiger partial charge on any atom is -0.493 e. The van der Waals surface area contributed by atoms with Gasteiger partial charge in [-0.1, -0.05) is 30.3 Å². The Balaban J connectivity index is 1.92. The molecule has 0 saturated carbocycles. The summed E-state index contributed by atoms with van der Waals surface area (Å²) < 4.78 is 41.0. The molecule has 1 aromatic heterocycles. The molecule has 1 aliphatic heterocycles. The second-order valence-electron chi connectivity index (χ2n) is 6.88. The number of methoxy groups -OCH3 is 2. The molecule has 0 radical (unpaired) electrons. The van der Waals surface area contributed by atoms with E-state index in [4.69, 9.17) is 9.47 Å². The molecule has 1 atom stereocenters. The van der Waals surface area contributed by atoms with Crippen LogP contribution in [0.15, 0.2) is 59.8 Å². The Bertz CT molecular complexity index is 1130. The average molecular weight is 413 g/mol. The van der Waals surface area contributed by atoms with Gasteiger partial charge in [0.05, 0.1) is 26.5 Å². The number of aryl methyl sites for hydroxylation is 1. The van der Waals surface area contributed by atoms with Crippen molar-refractivity contribution in [2.45, 2.75) is 17.5 Å². The number of hydrogen-bond donors (Lipinski definition) is 0. The maximum atomic E-state index is 13.5. The first-order valence-electron chi connectivity index (χ1n) is 9.27. The molecule has 0 fully saturated rings. The second kappa shape index (κ2) is 7.53. The first-order chi connectivity index (χ1) is 14.0. The van der Waals surface area contributed by atoms with Crippen molar-refractivity contribution in [3.63, 3.8) is 0 Å². The Morgan fingerprint density at radius 1 is 1.03 bits per heavy atom. The number of benzene rings is 2. The van der Waals surface area contributed by atoms with Gasteiger partial charge in [-0.2, -0.15) is 9.40 Å². The quantitative estimate of drug-likeness (QED) is 0.643. The molecular weight excluding hydrogens is 390 g/mol. The Hall–Kier alpha value is -2.84. The van der Waals surface area contributed by atoms with Crippen LogP contribution in [0, 0.1) is 0 Å². The smallest absolute Gasteiger partial charge is 0.261 e.